The Kier molecular flexibility index (Phi) is 18.9. The highest BCUT2D eigenvalue weighted by atomic mass is 32.2. The van der Waals surface area contributed by atoms with Crippen molar-refractivity contribution in [1.82, 2.24) is 0 Å². The number of hydrogen-bond donors (Lipinski definition) is 1. The lowest BCUT2D eigenvalue weighted by Gasteiger charge is -1.98. The fraction of sp³-hybridized carbons (Fsp3) is 1.00. The largest absolute Gasteiger partial charge is 0.229 e. The summed E-state index contributed by atoms with van der Waals surface area (Å²) in [5.41, 5.74) is 0. The van der Waals surface area contributed by atoms with E-state index in [1.807, 2.05) is 6.92 Å². The molecule has 0 radical (unpaired) electrons. The molecule has 0 heterocycles. The van der Waals surface area contributed by atoms with Crippen LogP contribution in [0.25, 0.3) is 0 Å². The average molecular weight is 424 g/mol. The lowest BCUT2D eigenvalue weighted by Crippen LogP contribution is -2.07. The molecule has 0 aromatic heterocycles. The summed E-state index contributed by atoms with van der Waals surface area (Å²) in [6.45, 7) is 4.15. The molecule has 0 aliphatic heterocycles. The zero-order chi connectivity index (χ0) is 20.6. The van der Waals surface area contributed by atoms with Gasteiger partial charge < -0.3 is 0 Å². The number of sulfonamides is 1. The summed E-state index contributed by atoms with van der Waals surface area (Å²) in [5, 5.41) is 4.33. The van der Waals surface area contributed by atoms with Gasteiger partial charge in [0.2, 0.25) is 10.0 Å². The molecule has 156 valence electrons. The van der Waals surface area contributed by atoms with Crippen LogP contribution < -0.4 is 5.14 Å². The summed E-state index contributed by atoms with van der Waals surface area (Å²) < 4.78 is 61.0. The molecule has 0 spiro atoms. The number of nitrogens with two attached hydrogens (primary N) is 1. The van der Waals surface area contributed by atoms with Crippen molar-refractivity contribution in [2.45, 2.75) is 65.2 Å². The molecule has 0 aliphatic rings. The maximum Gasteiger partial charge on any atom is 0.206 e. The Morgan fingerprint density at radius 3 is 1.12 bits per heavy atom. The summed E-state index contributed by atoms with van der Waals surface area (Å²) in [6.07, 6.45) is 12.1. The quantitative estimate of drug-likeness (QED) is 0.536. The number of unbranched alkanes of at least 4 members (excludes halogenated alkanes) is 6. The lowest BCUT2D eigenvalue weighted by molar-refractivity contribution is 0.588. The molecular weight excluding hydrogens is 386 g/mol. The second-order valence-corrected chi connectivity index (χ2v) is 12.4. The fourth-order valence-corrected chi connectivity index (χ4v) is 3.09. The van der Waals surface area contributed by atoms with Crippen LogP contribution in [-0.4, -0.2) is 55.5 Å². The van der Waals surface area contributed by atoms with Gasteiger partial charge in [-0.3, -0.25) is 0 Å². The molecule has 0 amide bonds. The van der Waals surface area contributed by atoms with Crippen molar-refractivity contribution >= 4 is 29.7 Å². The average Bonchev–Trinajstić information content (AvgIpc) is 2.37. The zero-order valence-corrected chi connectivity index (χ0v) is 18.8. The van der Waals surface area contributed by atoms with Crippen LogP contribution in [0, 0.1) is 0 Å². The van der Waals surface area contributed by atoms with Gasteiger partial charge in [-0.05, 0) is 12.8 Å². The van der Waals surface area contributed by atoms with Crippen LogP contribution >= 0.6 is 0 Å². The van der Waals surface area contributed by atoms with Crippen LogP contribution in [0.5, 0.6) is 0 Å². The molecule has 0 rings (SSSR count). The van der Waals surface area contributed by atoms with Crippen molar-refractivity contribution < 1.29 is 25.3 Å². The molecule has 0 unspecified atom stereocenters. The first kappa shape index (κ1) is 29.6. The predicted molar refractivity (Wildman–Crippen MR) is 107 cm³/mol. The number of rotatable bonds is 10. The predicted octanol–water partition coefficient (Wildman–Crippen LogP) is 2.13. The highest BCUT2D eigenvalue weighted by Gasteiger charge is 2.00. The minimum absolute atomic E-state index is 0.337. The van der Waals surface area contributed by atoms with Crippen molar-refractivity contribution in [3.8, 4) is 0 Å². The monoisotopic (exact) mass is 423 g/mol. The zero-order valence-electron chi connectivity index (χ0n) is 16.3. The normalized spacial score (nSPS) is 11.8. The Labute approximate surface area is 155 Å². The second-order valence-electron chi connectivity index (χ2n) is 6.21. The van der Waals surface area contributed by atoms with E-state index in [1.54, 1.807) is 0 Å². The van der Waals surface area contributed by atoms with E-state index in [4.69, 9.17) is 0 Å². The molecule has 0 fully saturated rings. The molecule has 0 bridgehead atoms. The Hall–Kier alpha value is -0.190. The Balaban J connectivity index is -0.000000321. The van der Waals surface area contributed by atoms with Gasteiger partial charge in [-0.1, -0.05) is 52.4 Å². The number of hydrogen-bond acceptors (Lipinski definition) is 6. The van der Waals surface area contributed by atoms with Crippen molar-refractivity contribution in [3.63, 3.8) is 0 Å². The first-order valence-corrected chi connectivity index (χ1v) is 14.5. The topological polar surface area (TPSA) is 128 Å². The van der Waals surface area contributed by atoms with E-state index in [-0.39, 0.29) is 0 Å². The summed E-state index contributed by atoms with van der Waals surface area (Å²) in [4.78, 5) is 0. The maximum absolute atomic E-state index is 10.7. The first-order valence-electron chi connectivity index (χ1n) is 8.45. The molecule has 10 heteroatoms. The van der Waals surface area contributed by atoms with Crippen LogP contribution in [0.2, 0.25) is 0 Å². The van der Waals surface area contributed by atoms with E-state index < -0.39 is 29.7 Å². The van der Waals surface area contributed by atoms with E-state index in [2.05, 4.69) is 12.1 Å². The molecule has 2 N–H and O–H groups in total. The molecule has 0 saturated carbocycles. The Morgan fingerprint density at radius 2 is 0.840 bits per heavy atom. The van der Waals surface area contributed by atoms with Gasteiger partial charge >= 0.3 is 0 Å². The Bertz CT molecular complexity index is 587. The second kappa shape index (κ2) is 16.0. The summed E-state index contributed by atoms with van der Waals surface area (Å²) in [5.74, 6) is 0.697. The van der Waals surface area contributed by atoms with Gasteiger partial charge in [0.15, 0.2) is 0 Å². The molecule has 25 heavy (non-hydrogen) atoms. The fourth-order valence-electron chi connectivity index (χ4n) is 1.55. The van der Waals surface area contributed by atoms with Gasteiger partial charge in [-0.15, -0.1) is 0 Å². The van der Waals surface area contributed by atoms with Gasteiger partial charge in [0.05, 0.1) is 6.26 Å². The van der Waals surface area contributed by atoms with Gasteiger partial charge in [0, 0.05) is 24.0 Å². The highest BCUT2D eigenvalue weighted by Crippen LogP contribution is 2.05. The molecule has 0 aliphatic carbocycles. The standard InChI is InChI=1S/C9H20O2S.C5H12O2S.CH5NO2S/c1-3-4-5-6-7-8-9-12(2,10)11;1-3-4-5-8(2,6)7;1-5(2,3)4/h3-9H2,1-2H3;3-5H2,1-2H3;1H3,(H2,2,3,4). The van der Waals surface area contributed by atoms with E-state index in [1.165, 1.54) is 38.2 Å². The molecule has 0 aromatic carbocycles. The van der Waals surface area contributed by atoms with E-state index >= 15 is 0 Å². The first-order chi connectivity index (χ1) is 11.1. The van der Waals surface area contributed by atoms with Crippen molar-refractivity contribution in [2.24, 2.45) is 5.14 Å². The minimum Gasteiger partial charge on any atom is -0.229 e. The summed E-state index contributed by atoms with van der Waals surface area (Å²) in [6, 6.07) is 0. The van der Waals surface area contributed by atoms with Crippen LogP contribution in [0.1, 0.15) is 65.2 Å². The molecule has 0 aromatic rings. The van der Waals surface area contributed by atoms with Gasteiger partial charge in [0.1, 0.15) is 19.7 Å². The smallest absolute Gasteiger partial charge is 0.206 e. The van der Waals surface area contributed by atoms with Crippen molar-refractivity contribution in [1.29, 1.82) is 0 Å². The lowest BCUT2D eigenvalue weighted by atomic mass is 10.1. The van der Waals surface area contributed by atoms with Gasteiger partial charge in [-0.2, -0.15) is 0 Å². The summed E-state index contributed by atoms with van der Waals surface area (Å²) >= 11 is 0. The molecule has 0 atom stereocenters. The SMILES string of the molecule is CCCCCCCCS(C)(=O)=O.CCCCS(C)(=O)=O.CS(N)(=O)=O. The molecular formula is C15H37NO6S3. The third kappa shape index (κ3) is 59.4. The molecule has 0 saturated heterocycles. The molecule has 7 nitrogen and oxygen atoms in total. The van der Waals surface area contributed by atoms with Crippen molar-refractivity contribution in [2.75, 3.05) is 30.3 Å². The maximum atomic E-state index is 10.7. The van der Waals surface area contributed by atoms with Crippen LogP contribution in [0.15, 0.2) is 0 Å². The van der Waals surface area contributed by atoms with Gasteiger partial charge in [0.25, 0.3) is 0 Å². The third-order valence-electron chi connectivity index (χ3n) is 2.74. The van der Waals surface area contributed by atoms with Crippen molar-refractivity contribution in [3.05, 3.63) is 0 Å². The minimum atomic E-state index is -3.17. The van der Waals surface area contributed by atoms with Crippen LogP contribution in [-0.2, 0) is 29.7 Å². The number of sulfone groups is 2. The van der Waals surface area contributed by atoms with E-state index in [9.17, 15) is 25.3 Å². The highest BCUT2D eigenvalue weighted by molar-refractivity contribution is 7.90. The third-order valence-corrected chi connectivity index (χ3v) is 4.80. The van der Waals surface area contributed by atoms with Gasteiger partial charge in [-0.25, -0.2) is 30.4 Å². The van der Waals surface area contributed by atoms with Crippen LogP contribution in [0.4, 0.5) is 0 Å². The summed E-state index contributed by atoms with van der Waals surface area (Å²) in [7, 11) is -8.57. The van der Waals surface area contributed by atoms with Crippen LogP contribution in [0.3, 0.4) is 0 Å². The van der Waals surface area contributed by atoms with E-state index in [0.717, 1.165) is 31.9 Å². The Morgan fingerprint density at radius 1 is 0.560 bits per heavy atom. The number of primary sulfonamides is 1. The van der Waals surface area contributed by atoms with E-state index in [0.29, 0.717) is 11.5 Å².